The summed E-state index contributed by atoms with van der Waals surface area (Å²) in [5.74, 6) is -2.20. The van der Waals surface area contributed by atoms with Crippen LogP contribution in [0.2, 0.25) is 0 Å². The molecule has 0 aliphatic rings. The molecule has 0 bridgehead atoms. The lowest BCUT2D eigenvalue weighted by molar-refractivity contribution is -0.137. The zero-order valence-electron chi connectivity index (χ0n) is 9.43. The third-order valence-electron chi connectivity index (χ3n) is 2.27. The van der Waals surface area contributed by atoms with Gasteiger partial charge in [0.25, 0.3) is 0 Å². The van der Waals surface area contributed by atoms with Crippen LogP contribution in [0.25, 0.3) is 0 Å². The molecule has 1 aromatic rings. The quantitative estimate of drug-likeness (QED) is 0.789. The van der Waals surface area contributed by atoms with Gasteiger partial charge >= 0.3 is 17.6 Å². The van der Waals surface area contributed by atoms with Crippen molar-refractivity contribution in [3.8, 4) is 0 Å². The average Bonchev–Trinajstić information content (AvgIpc) is 2.27. The fraction of sp³-hybridized carbons (Fsp3) is 0.364. The zero-order chi connectivity index (χ0) is 13.0. The van der Waals surface area contributed by atoms with Gasteiger partial charge < -0.3 is 14.3 Å². The largest absolute Gasteiger partial charge is 0.481 e. The van der Waals surface area contributed by atoms with Crippen LogP contribution in [0.5, 0.6) is 0 Å². The summed E-state index contributed by atoms with van der Waals surface area (Å²) < 4.78 is 9.14. The second-order valence-corrected chi connectivity index (χ2v) is 3.57. The smallest absolute Gasteiger partial charge is 0.341 e. The Morgan fingerprint density at radius 2 is 2.18 bits per heavy atom. The van der Waals surface area contributed by atoms with Crippen molar-refractivity contribution in [2.75, 3.05) is 7.11 Å². The van der Waals surface area contributed by atoms with Crippen LogP contribution < -0.4 is 5.63 Å². The Kier molecular flexibility index (Phi) is 4.03. The topological polar surface area (TPSA) is 93.8 Å². The summed E-state index contributed by atoms with van der Waals surface area (Å²) in [6.07, 6.45) is 0.778. The summed E-state index contributed by atoms with van der Waals surface area (Å²) in [6, 6.07) is 1.30. The van der Waals surface area contributed by atoms with Gasteiger partial charge in [0.1, 0.15) is 6.26 Å². The number of hydrogen-bond acceptors (Lipinski definition) is 5. The molecule has 17 heavy (non-hydrogen) atoms. The van der Waals surface area contributed by atoms with Gasteiger partial charge in [0, 0.05) is 5.56 Å². The first-order valence-corrected chi connectivity index (χ1v) is 4.88. The molecule has 6 heteroatoms. The van der Waals surface area contributed by atoms with Crippen LogP contribution in [-0.4, -0.2) is 24.2 Å². The van der Waals surface area contributed by atoms with Crippen molar-refractivity contribution in [3.63, 3.8) is 0 Å². The molecule has 0 aliphatic heterocycles. The Morgan fingerprint density at radius 1 is 1.53 bits per heavy atom. The number of carbonyl (C=O) groups excluding carboxylic acids is 1. The van der Waals surface area contributed by atoms with Gasteiger partial charge in [-0.2, -0.15) is 0 Å². The standard InChI is InChI=1S/C11H12O6/c1-6(3-9(12)13)8-4-7(10(14)16-2)5-17-11(8)15/h4-6H,3H2,1-2H3,(H,12,13). The van der Waals surface area contributed by atoms with Gasteiger partial charge in [0.2, 0.25) is 0 Å². The Morgan fingerprint density at radius 3 is 2.71 bits per heavy atom. The minimum Gasteiger partial charge on any atom is -0.481 e. The van der Waals surface area contributed by atoms with E-state index in [1.807, 2.05) is 0 Å². The van der Waals surface area contributed by atoms with E-state index in [0.29, 0.717) is 0 Å². The fourth-order valence-corrected chi connectivity index (χ4v) is 1.39. The van der Waals surface area contributed by atoms with E-state index in [0.717, 1.165) is 6.26 Å². The van der Waals surface area contributed by atoms with E-state index in [1.165, 1.54) is 13.2 Å². The average molecular weight is 240 g/mol. The SMILES string of the molecule is COC(=O)c1coc(=O)c(C(C)CC(=O)O)c1. The summed E-state index contributed by atoms with van der Waals surface area (Å²) in [5.41, 5.74) is -0.416. The lowest BCUT2D eigenvalue weighted by atomic mass is 9.99. The third kappa shape index (κ3) is 3.17. The number of aliphatic carboxylic acids is 1. The highest BCUT2D eigenvalue weighted by molar-refractivity contribution is 5.88. The monoisotopic (exact) mass is 240 g/mol. The van der Waals surface area contributed by atoms with E-state index in [-0.39, 0.29) is 17.5 Å². The summed E-state index contributed by atoms with van der Waals surface area (Å²) in [6.45, 7) is 1.57. The predicted molar refractivity (Wildman–Crippen MR) is 57.0 cm³/mol. The first kappa shape index (κ1) is 13.0. The maximum atomic E-state index is 11.4. The number of rotatable bonds is 4. The van der Waals surface area contributed by atoms with E-state index in [2.05, 4.69) is 9.15 Å². The van der Waals surface area contributed by atoms with Crippen molar-refractivity contribution in [2.45, 2.75) is 19.3 Å². The van der Waals surface area contributed by atoms with E-state index in [4.69, 9.17) is 5.11 Å². The Hall–Kier alpha value is -2.11. The summed E-state index contributed by atoms with van der Waals surface area (Å²) in [4.78, 5) is 33.2. The zero-order valence-corrected chi connectivity index (χ0v) is 9.43. The van der Waals surface area contributed by atoms with Crippen molar-refractivity contribution >= 4 is 11.9 Å². The van der Waals surface area contributed by atoms with Gasteiger partial charge in [-0.25, -0.2) is 9.59 Å². The van der Waals surface area contributed by atoms with Gasteiger partial charge in [0.05, 0.1) is 19.1 Å². The highest BCUT2D eigenvalue weighted by Crippen LogP contribution is 2.16. The van der Waals surface area contributed by atoms with E-state index >= 15 is 0 Å². The maximum Gasteiger partial charge on any atom is 0.341 e. The number of methoxy groups -OCH3 is 1. The predicted octanol–water partition coefficient (Wildman–Crippen LogP) is 1.00. The second kappa shape index (κ2) is 5.29. The molecule has 1 heterocycles. The Bertz CT molecular complexity index is 487. The molecule has 1 unspecified atom stereocenters. The molecule has 1 atom stereocenters. The second-order valence-electron chi connectivity index (χ2n) is 3.57. The molecule has 92 valence electrons. The molecule has 0 fully saturated rings. The minimum absolute atomic E-state index is 0.0827. The van der Waals surface area contributed by atoms with Crippen LogP contribution in [0.1, 0.15) is 35.2 Å². The molecule has 1 N–H and O–H groups in total. The lowest BCUT2D eigenvalue weighted by Gasteiger charge is -2.07. The number of carboxylic acids is 1. The molecule has 6 nitrogen and oxygen atoms in total. The first-order chi connectivity index (χ1) is 7.95. The number of ether oxygens (including phenoxy) is 1. The summed E-state index contributed by atoms with van der Waals surface area (Å²) in [5, 5.41) is 8.64. The molecule has 0 radical (unpaired) electrons. The number of carbonyl (C=O) groups is 2. The normalized spacial score (nSPS) is 11.9. The summed E-state index contributed by atoms with van der Waals surface area (Å²) in [7, 11) is 1.20. The van der Waals surface area contributed by atoms with Gasteiger partial charge in [-0.1, -0.05) is 6.92 Å². The van der Waals surface area contributed by atoms with Crippen LogP contribution in [0.15, 0.2) is 21.5 Å². The van der Waals surface area contributed by atoms with E-state index < -0.39 is 23.5 Å². The van der Waals surface area contributed by atoms with Crippen molar-refractivity contribution in [2.24, 2.45) is 0 Å². The summed E-state index contributed by atoms with van der Waals surface area (Å²) >= 11 is 0. The molecule has 0 saturated carbocycles. The van der Waals surface area contributed by atoms with Gasteiger partial charge in [0.15, 0.2) is 0 Å². The number of carboxylic acid groups (broad SMARTS) is 1. The van der Waals surface area contributed by atoms with Gasteiger partial charge in [-0.3, -0.25) is 4.79 Å². The molecular formula is C11H12O6. The fourth-order valence-electron chi connectivity index (χ4n) is 1.39. The highest BCUT2D eigenvalue weighted by atomic mass is 16.5. The number of hydrogen-bond donors (Lipinski definition) is 1. The molecule has 0 aliphatic carbocycles. The van der Waals surface area contributed by atoms with Gasteiger partial charge in [-0.05, 0) is 12.0 Å². The van der Waals surface area contributed by atoms with Crippen LogP contribution in [0.4, 0.5) is 0 Å². The molecule has 0 saturated heterocycles. The van der Waals surface area contributed by atoms with E-state index in [9.17, 15) is 14.4 Å². The van der Waals surface area contributed by atoms with Crippen molar-refractivity contribution in [3.05, 3.63) is 33.9 Å². The molecule has 1 rings (SSSR count). The maximum absolute atomic E-state index is 11.4. The molecular weight excluding hydrogens is 228 g/mol. The van der Waals surface area contributed by atoms with Crippen molar-refractivity contribution in [1.29, 1.82) is 0 Å². The van der Waals surface area contributed by atoms with E-state index in [1.54, 1.807) is 6.92 Å². The van der Waals surface area contributed by atoms with Crippen LogP contribution in [0, 0.1) is 0 Å². The number of esters is 1. The molecule has 1 aromatic heterocycles. The molecule has 0 aromatic carbocycles. The molecule has 0 spiro atoms. The minimum atomic E-state index is -1.03. The first-order valence-electron chi connectivity index (χ1n) is 4.88. The van der Waals surface area contributed by atoms with Crippen LogP contribution in [-0.2, 0) is 9.53 Å². The Balaban J connectivity index is 3.10. The highest BCUT2D eigenvalue weighted by Gasteiger charge is 2.17. The Labute approximate surface area is 96.8 Å². The van der Waals surface area contributed by atoms with Crippen molar-refractivity contribution < 1.29 is 23.8 Å². The lowest BCUT2D eigenvalue weighted by Crippen LogP contribution is -2.15. The van der Waals surface area contributed by atoms with Crippen molar-refractivity contribution in [1.82, 2.24) is 0 Å². The van der Waals surface area contributed by atoms with Crippen LogP contribution >= 0.6 is 0 Å². The molecule has 0 amide bonds. The third-order valence-corrected chi connectivity index (χ3v) is 2.27. The van der Waals surface area contributed by atoms with Crippen LogP contribution in [0.3, 0.4) is 0 Å². The van der Waals surface area contributed by atoms with Gasteiger partial charge in [-0.15, -0.1) is 0 Å².